The minimum absolute atomic E-state index is 0.646. The van der Waals surface area contributed by atoms with Gasteiger partial charge in [-0.15, -0.1) is 0 Å². The summed E-state index contributed by atoms with van der Waals surface area (Å²) >= 11 is 0. The second-order valence-electron chi connectivity index (χ2n) is 6.54. The number of pyridine rings is 1. The first-order chi connectivity index (χ1) is 10.1. The lowest BCUT2D eigenvalue weighted by Crippen LogP contribution is -2.51. The van der Waals surface area contributed by atoms with Gasteiger partial charge in [0.05, 0.1) is 0 Å². The summed E-state index contributed by atoms with van der Waals surface area (Å²) in [6.07, 6.45) is 3.21. The van der Waals surface area contributed by atoms with Gasteiger partial charge in [0, 0.05) is 38.4 Å². The molecule has 4 nitrogen and oxygen atoms in total. The first-order valence-corrected chi connectivity index (χ1v) is 8.21. The highest BCUT2D eigenvalue weighted by atomic mass is 15.3. The zero-order valence-corrected chi connectivity index (χ0v) is 14.0. The Morgan fingerprint density at radius 1 is 1.33 bits per heavy atom. The fourth-order valence-electron chi connectivity index (χ4n) is 2.81. The third-order valence-corrected chi connectivity index (χ3v) is 4.26. The lowest BCUT2D eigenvalue weighted by molar-refractivity contribution is 0.213. The van der Waals surface area contributed by atoms with Crippen molar-refractivity contribution < 1.29 is 0 Å². The number of likely N-dealkylation sites (N-methyl/N-ethyl adjacent to an activating group) is 1. The Morgan fingerprint density at radius 3 is 2.76 bits per heavy atom. The van der Waals surface area contributed by atoms with Crippen LogP contribution < -0.4 is 10.2 Å². The van der Waals surface area contributed by atoms with Gasteiger partial charge in [-0.25, -0.2) is 4.98 Å². The molecule has 0 amide bonds. The molecule has 1 aromatic heterocycles. The van der Waals surface area contributed by atoms with E-state index in [4.69, 9.17) is 0 Å². The Balaban J connectivity index is 1.89. The molecule has 0 bridgehead atoms. The van der Waals surface area contributed by atoms with E-state index in [0.717, 1.165) is 38.5 Å². The number of piperazine rings is 1. The molecule has 0 aliphatic carbocycles. The molecule has 0 spiro atoms. The van der Waals surface area contributed by atoms with Crippen LogP contribution in [0.1, 0.15) is 32.8 Å². The molecule has 1 aliphatic heterocycles. The lowest BCUT2D eigenvalue weighted by atomic mass is 10.1. The molecule has 1 aliphatic rings. The molecule has 1 unspecified atom stereocenters. The molecule has 1 N–H and O–H groups in total. The summed E-state index contributed by atoms with van der Waals surface area (Å²) in [5.41, 5.74) is 1.26. The number of anilines is 1. The first kappa shape index (κ1) is 16.2. The van der Waals surface area contributed by atoms with Gasteiger partial charge in [-0.3, -0.25) is 4.90 Å². The number of hydrogen-bond acceptors (Lipinski definition) is 4. The van der Waals surface area contributed by atoms with Crippen molar-refractivity contribution in [2.75, 3.05) is 38.1 Å². The van der Waals surface area contributed by atoms with Gasteiger partial charge in [-0.05, 0) is 37.6 Å². The van der Waals surface area contributed by atoms with Crippen molar-refractivity contribution in [1.82, 2.24) is 15.2 Å². The standard InChI is InChI=1S/C17H30N4/c1-5-16-13-21(9-8-20(16)4)17-7-6-15(12-19-17)11-18-10-14(2)3/h6-7,12,14,16,18H,5,8-11,13H2,1-4H3. The van der Waals surface area contributed by atoms with Gasteiger partial charge in [0.15, 0.2) is 0 Å². The Morgan fingerprint density at radius 2 is 2.14 bits per heavy atom. The van der Waals surface area contributed by atoms with Crippen molar-refractivity contribution in [3.63, 3.8) is 0 Å². The Labute approximate surface area is 129 Å². The molecule has 1 saturated heterocycles. The molecule has 0 aromatic carbocycles. The van der Waals surface area contributed by atoms with Crippen molar-refractivity contribution >= 4 is 5.82 Å². The maximum atomic E-state index is 4.66. The molecule has 2 rings (SSSR count). The summed E-state index contributed by atoms with van der Waals surface area (Å²) in [4.78, 5) is 9.54. The van der Waals surface area contributed by atoms with Crippen molar-refractivity contribution in [3.8, 4) is 0 Å². The molecule has 4 heteroatoms. The zero-order chi connectivity index (χ0) is 15.2. The average Bonchev–Trinajstić information content (AvgIpc) is 2.48. The van der Waals surface area contributed by atoms with Gasteiger partial charge in [0.1, 0.15) is 5.82 Å². The van der Waals surface area contributed by atoms with Crippen molar-refractivity contribution in [2.45, 2.75) is 39.8 Å². The Kier molecular flexibility index (Phi) is 6.00. The van der Waals surface area contributed by atoms with Crippen LogP contribution in [0.25, 0.3) is 0 Å². The van der Waals surface area contributed by atoms with Gasteiger partial charge in [0.2, 0.25) is 0 Å². The van der Waals surface area contributed by atoms with Crippen LogP contribution in [0, 0.1) is 5.92 Å². The van der Waals surface area contributed by atoms with Gasteiger partial charge < -0.3 is 10.2 Å². The maximum absolute atomic E-state index is 4.66. The second-order valence-corrected chi connectivity index (χ2v) is 6.54. The highest BCUT2D eigenvalue weighted by molar-refractivity contribution is 5.40. The third-order valence-electron chi connectivity index (χ3n) is 4.26. The molecule has 1 fully saturated rings. The smallest absolute Gasteiger partial charge is 0.128 e. The highest BCUT2D eigenvalue weighted by Gasteiger charge is 2.23. The maximum Gasteiger partial charge on any atom is 0.128 e. The summed E-state index contributed by atoms with van der Waals surface area (Å²) in [6, 6.07) is 5.02. The normalized spacial score (nSPS) is 20.2. The van der Waals surface area contributed by atoms with E-state index < -0.39 is 0 Å². The van der Waals surface area contributed by atoms with Crippen molar-refractivity contribution in [3.05, 3.63) is 23.9 Å². The minimum atomic E-state index is 0.646. The van der Waals surface area contributed by atoms with E-state index in [9.17, 15) is 0 Å². The predicted octanol–water partition coefficient (Wildman–Crippen LogP) is 2.36. The van der Waals surface area contributed by atoms with Crippen LogP contribution in [0.15, 0.2) is 18.3 Å². The highest BCUT2D eigenvalue weighted by Crippen LogP contribution is 2.17. The summed E-state index contributed by atoms with van der Waals surface area (Å²) in [5, 5.41) is 3.46. The van der Waals surface area contributed by atoms with Gasteiger partial charge in [0.25, 0.3) is 0 Å². The van der Waals surface area contributed by atoms with E-state index in [1.54, 1.807) is 0 Å². The number of hydrogen-bond donors (Lipinski definition) is 1. The van der Waals surface area contributed by atoms with Crippen LogP contribution in [0.2, 0.25) is 0 Å². The van der Waals surface area contributed by atoms with E-state index in [1.807, 2.05) is 6.20 Å². The quantitative estimate of drug-likeness (QED) is 0.871. The van der Waals surface area contributed by atoms with Crippen molar-refractivity contribution in [1.29, 1.82) is 0 Å². The van der Waals surface area contributed by atoms with E-state index in [2.05, 4.69) is 60.1 Å². The van der Waals surface area contributed by atoms with E-state index in [0.29, 0.717) is 12.0 Å². The van der Waals surface area contributed by atoms with Crippen molar-refractivity contribution in [2.24, 2.45) is 5.92 Å². The topological polar surface area (TPSA) is 31.4 Å². The molecule has 1 aromatic rings. The SMILES string of the molecule is CCC1CN(c2ccc(CNCC(C)C)cn2)CCN1C. The molecule has 2 heterocycles. The third kappa shape index (κ3) is 4.68. The van der Waals surface area contributed by atoms with Crippen LogP contribution in [0.3, 0.4) is 0 Å². The predicted molar refractivity (Wildman–Crippen MR) is 89.7 cm³/mol. The van der Waals surface area contributed by atoms with E-state index in [1.165, 1.54) is 12.0 Å². The van der Waals surface area contributed by atoms with Crippen LogP contribution >= 0.6 is 0 Å². The molecule has 0 radical (unpaired) electrons. The Hall–Kier alpha value is -1.13. The second kappa shape index (κ2) is 7.76. The number of nitrogens with one attached hydrogen (secondary N) is 1. The van der Waals surface area contributed by atoms with Crippen LogP contribution in [-0.4, -0.2) is 49.2 Å². The molecule has 1 atom stereocenters. The van der Waals surface area contributed by atoms with E-state index >= 15 is 0 Å². The molecule has 118 valence electrons. The lowest BCUT2D eigenvalue weighted by Gasteiger charge is -2.39. The summed E-state index contributed by atoms with van der Waals surface area (Å²) < 4.78 is 0. The zero-order valence-electron chi connectivity index (χ0n) is 14.0. The first-order valence-electron chi connectivity index (χ1n) is 8.21. The number of nitrogens with zero attached hydrogens (tertiary/aromatic N) is 3. The summed E-state index contributed by atoms with van der Waals surface area (Å²) in [6.45, 7) is 12.0. The molecular weight excluding hydrogens is 260 g/mol. The monoisotopic (exact) mass is 290 g/mol. The van der Waals surface area contributed by atoms with Crippen LogP contribution in [-0.2, 0) is 6.54 Å². The van der Waals surface area contributed by atoms with Crippen LogP contribution in [0.4, 0.5) is 5.82 Å². The molecule has 0 saturated carbocycles. The van der Waals surface area contributed by atoms with E-state index in [-0.39, 0.29) is 0 Å². The largest absolute Gasteiger partial charge is 0.354 e. The Bertz CT molecular complexity index is 415. The van der Waals surface area contributed by atoms with Gasteiger partial charge in [-0.2, -0.15) is 0 Å². The van der Waals surface area contributed by atoms with Gasteiger partial charge in [-0.1, -0.05) is 26.8 Å². The van der Waals surface area contributed by atoms with Crippen LogP contribution in [0.5, 0.6) is 0 Å². The molecule has 21 heavy (non-hydrogen) atoms. The number of aromatic nitrogens is 1. The molecular formula is C17H30N4. The minimum Gasteiger partial charge on any atom is -0.354 e. The fraction of sp³-hybridized carbons (Fsp3) is 0.706. The average molecular weight is 290 g/mol. The summed E-state index contributed by atoms with van der Waals surface area (Å²) in [7, 11) is 2.22. The number of rotatable bonds is 6. The fourth-order valence-corrected chi connectivity index (χ4v) is 2.81. The van der Waals surface area contributed by atoms with Gasteiger partial charge >= 0.3 is 0 Å². The summed E-state index contributed by atoms with van der Waals surface area (Å²) in [5.74, 6) is 1.81.